The summed E-state index contributed by atoms with van der Waals surface area (Å²) in [6.45, 7) is 4.69. The monoisotopic (exact) mass is 653 g/mol. The van der Waals surface area contributed by atoms with Gasteiger partial charge in [-0.1, -0.05) is 153 Å². The molecular formula is C49H35NO. The van der Waals surface area contributed by atoms with E-state index in [1.807, 2.05) is 0 Å². The number of para-hydroxylation sites is 2. The highest BCUT2D eigenvalue weighted by molar-refractivity contribution is 6.09. The van der Waals surface area contributed by atoms with Crippen molar-refractivity contribution in [3.8, 4) is 56.0 Å². The number of rotatable bonds is 4. The van der Waals surface area contributed by atoms with Crippen molar-refractivity contribution < 1.29 is 4.74 Å². The Morgan fingerprint density at radius 1 is 0.431 bits per heavy atom. The number of benzene rings is 8. The van der Waals surface area contributed by atoms with Gasteiger partial charge >= 0.3 is 0 Å². The van der Waals surface area contributed by atoms with Crippen LogP contribution in [0.3, 0.4) is 0 Å². The van der Waals surface area contributed by atoms with Crippen molar-refractivity contribution in [2.45, 2.75) is 19.3 Å². The maximum absolute atomic E-state index is 7.16. The Kier molecular flexibility index (Phi) is 6.56. The van der Waals surface area contributed by atoms with Gasteiger partial charge in [0.15, 0.2) is 5.75 Å². The maximum Gasteiger partial charge on any atom is 0.159 e. The molecule has 8 aromatic rings. The Labute approximate surface area is 298 Å². The van der Waals surface area contributed by atoms with E-state index in [1.165, 1.54) is 55.3 Å². The molecule has 51 heavy (non-hydrogen) atoms. The van der Waals surface area contributed by atoms with Gasteiger partial charge in [0.1, 0.15) is 5.75 Å². The summed E-state index contributed by atoms with van der Waals surface area (Å²) < 4.78 is 7.16. The van der Waals surface area contributed by atoms with Crippen molar-refractivity contribution in [1.82, 2.24) is 0 Å². The normalized spacial score (nSPS) is 13.2. The van der Waals surface area contributed by atoms with E-state index in [1.54, 1.807) is 0 Å². The number of ether oxygens (including phenoxy) is 1. The van der Waals surface area contributed by atoms with Crippen LogP contribution in [0.2, 0.25) is 0 Å². The van der Waals surface area contributed by atoms with E-state index in [0.717, 1.165) is 39.7 Å². The van der Waals surface area contributed by atoms with Crippen LogP contribution in [0.5, 0.6) is 11.5 Å². The summed E-state index contributed by atoms with van der Waals surface area (Å²) in [4.78, 5) is 2.38. The number of nitrogens with zero attached hydrogens (tertiary/aromatic N) is 1. The molecule has 0 amide bonds. The minimum absolute atomic E-state index is 0.134. The molecule has 0 aromatic heterocycles. The van der Waals surface area contributed by atoms with Crippen molar-refractivity contribution in [2.24, 2.45) is 0 Å². The average Bonchev–Trinajstić information content (AvgIpc) is 3.41. The summed E-state index contributed by atoms with van der Waals surface area (Å²) in [5.74, 6) is 1.68. The molecule has 0 fully saturated rings. The molecule has 1 heterocycles. The summed E-state index contributed by atoms with van der Waals surface area (Å²) >= 11 is 0. The quantitative estimate of drug-likeness (QED) is 0.187. The highest BCUT2D eigenvalue weighted by atomic mass is 16.5. The molecule has 0 N–H and O–H groups in total. The Balaban J connectivity index is 1.23. The summed E-state index contributed by atoms with van der Waals surface area (Å²) in [6, 6.07) is 63.5. The topological polar surface area (TPSA) is 12.5 Å². The largest absolute Gasteiger partial charge is 0.454 e. The van der Waals surface area contributed by atoms with Gasteiger partial charge in [0.2, 0.25) is 0 Å². The first-order valence-electron chi connectivity index (χ1n) is 17.7. The molecule has 2 aliphatic rings. The SMILES string of the molecule is CC1(C)c2ccccc2-c2ccc(N(c3ccc(-c4ccccc4)cc3)c3cccc4c3Oc3ccccc3-c3cccc5cccc-4c35)cc21. The first-order chi connectivity index (χ1) is 25.1. The number of anilines is 3. The first-order valence-corrected chi connectivity index (χ1v) is 17.7. The van der Waals surface area contributed by atoms with Gasteiger partial charge in [-0.25, -0.2) is 0 Å². The van der Waals surface area contributed by atoms with E-state index in [0.29, 0.717) is 0 Å². The average molecular weight is 654 g/mol. The van der Waals surface area contributed by atoms with Crippen LogP contribution < -0.4 is 9.64 Å². The van der Waals surface area contributed by atoms with E-state index < -0.39 is 0 Å². The number of fused-ring (bicyclic) bond motifs is 7. The molecule has 1 aliphatic carbocycles. The van der Waals surface area contributed by atoms with Gasteiger partial charge in [-0.15, -0.1) is 0 Å². The van der Waals surface area contributed by atoms with Crippen LogP contribution in [0.15, 0.2) is 176 Å². The van der Waals surface area contributed by atoms with Crippen LogP contribution in [0.4, 0.5) is 17.1 Å². The lowest BCUT2D eigenvalue weighted by atomic mass is 9.82. The molecule has 2 nitrogen and oxygen atoms in total. The van der Waals surface area contributed by atoms with Crippen LogP contribution in [0.1, 0.15) is 25.0 Å². The first kappa shape index (κ1) is 29.5. The van der Waals surface area contributed by atoms with Gasteiger partial charge < -0.3 is 9.64 Å². The molecule has 0 saturated heterocycles. The van der Waals surface area contributed by atoms with E-state index in [4.69, 9.17) is 4.74 Å². The third-order valence-electron chi connectivity index (χ3n) is 10.9. The fourth-order valence-corrected chi connectivity index (χ4v) is 8.39. The van der Waals surface area contributed by atoms with E-state index in [2.05, 4.69) is 195 Å². The van der Waals surface area contributed by atoms with Crippen molar-refractivity contribution in [1.29, 1.82) is 0 Å². The van der Waals surface area contributed by atoms with E-state index in [-0.39, 0.29) is 5.41 Å². The van der Waals surface area contributed by atoms with Crippen molar-refractivity contribution >= 4 is 27.8 Å². The molecule has 0 bridgehead atoms. The van der Waals surface area contributed by atoms with Crippen LogP contribution in [-0.2, 0) is 5.41 Å². The molecule has 0 atom stereocenters. The minimum Gasteiger partial charge on any atom is -0.454 e. The zero-order valence-corrected chi connectivity index (χ0v) is 28.6. The Morgan fingerprint density at radius 2 is 1.02 bits per heavy atom. The van der Waals surface area contributed by atoms with Gasteiger partial charge in [-0.05, 0) is 91.7 Å². The third kappa shape index (κ3) is 4.57. The smallest absolute Gasteiger partial charge is 0.159 e. The molecule has 8 aromatic carbocycles. The van der Waals surface area contributed by atoms with Gasteiger partial charge in [0, 0.05) is 27.9 Å². The summed E-state index contributed by atoms with van der Waals surface area (Å²) in [6.07, 6.45) is 0. The van der Waals surface area contributed by atoms with Gasteiger partial charge in [0.05, 0.1) is 5.69 Å². The molecule has 0 radical (unpaired) electrons. The Bertz CT molecular complexity index is 2630. The molecule has 242 valence electrons. The number of hydrogen-bond donors (Lipinski definition) is 0. The van der Waals surface area contributed by atoms with Gasteiger partial charge in [0.25, 0.3) is 0 Å². The Hall–Kier alpha value is -6.38. The maximum atomic E-state index is 7.16. The lowest BCUT2D eigenvalue weighted by Gasteiger charge is -2.31. The molecule has 0 saturated carbocycles. The van der Waals surface area contributed by atoms with Crippen LogP contribution >= 0.6 is 0 Å². The molecule has 2 heteroatoms. The fourth-order valence-electron chi connectivity index (χ4n) is 8.39. The second-order valence-electron chi connectivity index (χ2n) is 14.1. The van der Waals surface area contributed by atoms with Crippen LogP contribution in [0.25, 0.3) is 55.3 Å². The predicted octanol–water partition coefficient (Wildman–Crippen LogP) is 13.7. The summed E-state index contributed by atoms with van der Waals surface area (Å²) in [5, 5.41) is 2.46. The lowest BCUT2D eigenvalue weighted by Crippen LogP contribution is -2.17. The molecule has 0 unspecified atom stereocenters. The zero-order valence-electron chi connectivity index (χ0n) is 28.6. The van der Waals surface area contributed by atoms with Crippen molar-refractivity contribution in [2.75, 3.05) is 4.90 Å². The summed E-state index contributed by atoms with van der Waals surface area (Å²) in [7, 11) is 0. The van der Waals surface area contributed by atoms with Crippen molar-refractivity contribution in [3.63, 3.8) is 0 Å². The van der Waals surface area contributed by atoms with Gasteiger partial charge in [-0.3, -0.25) is 0 Å². The van der Waals surface area contributed by atoms with Crippen LogP contribution in [-0.4, -0.2) is 0 Å². The Morgan fingerprint density at radius 3 is 1.82 bits per heavy atom. The zero-order chi connectivity index (χ0) is 34.1. The highest BCUT2D eigenvalue weighted by Gasteiger charge is 2.36. The lowest BCUT2D eigenvalue weighted by molar-refractivity contribution is 0.487. The van der Waals surface area contributed by atoms with E-state index in [9.17, 15) is 0 Å². The predicted molar refractivity (Wildman–Crippen MR) is 213 cm³/mol. The van der Waals surface area contributed by atoms with Crippen LogP contribution in [0, 0.1) is 0 Å². The molecule has 10 rings (SSSR count). The highest BCUT2D eigenvalue weighted by Crippen LogP contribution is 2.54. The minimum atomic E-state index is -0.134. The third-order valence-corrected chi connectivity index (χ3v) is 10.9. The molecule has 0 spiro atoms. The van der Waals surface area contributed by atoms with Crippen molar-refractivity contribution in [3.05, 3.63) is 187 Å². The van der Waals surface area contributed by atoms with Gasteiger partial charge in [-0.2, -0.15) is 0 Å². The molecular weight excluding hydrogens is 619 g/mol. The standard InChI is InChI=1S/C49H35NO/c1-49(2)43-22-8-6-17-37(43)38-30-29-36(31-44(38)49)50(35-27-25-33(26-28-35)32-13-4-3-5-14-32)45-23-12-21-42-41-20-11-16-34-15-10-19-40(47(34)41)39-18-7-9-24-46(39)51-48(42)45/h3-31H,1-2H3. The second-order valence-corrected chi connectivity index (χ2v) is 14.1. The fraction of sp³-hybridized carbons (Fsp3) is 0.0612. The second kappa shape index (κ2) is 11.3. The van der Waals surface area contributed by atoms with E-state index >= 15 is 0 Å². The molecule has 1 aliphatic heterocycles. The number of hydrogen-bond acceptors (Lipinski definition) is 2. The summed E-state index contributed by atoms with van der Waals surface area (Å²) in [5.41, 5.74) is 15.2.